The molecule has 23 heavy (non-hydrogen) atoms. The average Bonchev–Trinajstić information content (AvgIpc) is 3.25. The van der Waals surface area contributed by atoms with Gasteiger partial charge >= 0.3 is 6.03 Å². The Labute approximate surface area is 137 Å². The number of carbonyl (C=O) groups is 1. The summed E-state index contributed by atoms with van der Waals surface area (Å²) in [6.45, 7) is 4.60. The number of urea groups is 1. The third-order valence-corrected chi connectivity index (χ3v) is 4.57. The molecular formula is C16H27N5O2. The zero-order chi connectivity index (χ0) is 16.2. The molecule has 1 aliphatic heterocycles. The van der Waals surface area contributed by atoms with E-state index in [0.717, 1.165) is 31.9 Å². The van der Waals surface area contributed by atoms with E-state index >= 15 is 0 Å². The Hall–Kier alpha value is -1.60. The molecule has 0 radical (unpaired) electrons. The van der Waals surface area contributed by atoms with Gasteiger partial charge in [-0.15, -0.1) is 0 Å². The second-order valence-electron chi connectivity index (χ2n) is 6.71. The van der Waals surface area contributed by atoms with Crippen LogP contribution in [0.1, 0.15) is 18.5 Å². The van der Waals surface area contributed by atoms with Crippen molar-refractivity contribution in [2.75, 3.05) is 39.8 Å². The molecule has 1 saturated heterocycles. The Morgan fingerprint density at radius 2 is 2.26 bits per heavy atom. The summed E-state index contributed by atoms with van der Waals surface area (Å²) in [5.74, 6) is 0.666. The lowest BCUT2D eigenvalue weighted by molar-refractivity contribution is -0.0308. The number of carbonyl (C=O) groups excluding carboxylic acids is 1. The van der Waals surface area contributed by atoms with Crippen LogP contribution in [0.3, 0.4) is 0 Å². The molecule has 1 atom stereocenters. The van der Waals surface area contributed by atoms with Gasteiger partial charge in [-0.3, -0.25) is 4.68 Å². The van der Waals surface area contributed by atoms with Crippen LogP contribution in [0.5, 0.6) is 0 Å². The van der Waals surface area contributed by atoms with Gasteiger partial charge in [0.15, 0.2) is 0 Å². The third kappa shape index (κ3) is 4.68. The van der Waals surface area contributed by atoms with Gasteiger partial charge in [0.1, 0.15) is 0 Å². The minimum atomic E-state index is -0.00470. The van der Waals surface area contributed by atoms with Gasteiger partial charge in [-0.25, -0.2) is 4.79 Å². The first-order valence-electron chi connectivity index (χ1n) is 8.41. The van der Waals surface area contributed by atoms with Crippen LogP contribution in [-0.2, 0) is 18.3 Å². The lowest BCUT2D eigenvalue weighted by Crippen LogP contribution is -2.50. The quantitative estimate of drug-likeness (QED) is 0.837. The van der Waals surface area contributed by atoms with Crippen molar-refractivity contribution in [2.24, 2.45) is 13.0 Å². The minimum absolute atomic E-state index is 0.00470. The van der Waals surface area contributed by atoms with Crippen LogP contribution in [-0.4, -0.2) is 71.5 Å². The fraction of sp³-hybridized carbons (Fsp3) is 0.750. The highest BCUT2D eigenvalue weighted by atomic mass is 16.5. The molecule has 2 fully saturated rings. The van der Waals surface area contributed by atoms with Crippen molar-refractivity contribution in [1.82, 2.24) is 24.9 Å². The van der Waals surface area contributed by atoms with Crippen molar-refractivity contribution in [1.29, 1.82) is 0 Å². The maximum absolute atomic E-state index is 12.6. The molecule has 2 heterocycles. The number of aryl methyl sites for hydroxylation is 1. The Balaban J connectivity index is 1.54. The van der Waals surface area contributed by atoms with Gasteiger partial charge in [-0.2, -0.15) is 5.10 Å². The number of morpholine rings is 1. The summed E-state index contributed by atoms with van der Waals surface area (Å²) < 4.78 is 7.61. The van der Waals surface area contributed by atoms with Crippen molar-refractivity contribution in [2.45, 2.75) is 25.5 Å². The van der Waals surface area contributed by atoms with Crippen LogP contribution in [0.25, 0.3) is 0 Å². The van der Waals surface area contributed by atoms with Crippen molar-refractivity contribution >= 4 is 6.03 Å². The predicted octanol–water partition coefficient (Wildman–Crippen LogP) is 0.672. The minimum Gasteiger partial charge on any atom is -0.374 e. The molecule has 1 saturated carbocycles. The molecule has 0 unspecified atom stereocenters. The fourth-order valence-electron chi connectivity index (χ4n) is 2.93. The average molecular weight is 321 g/mol. The van der Waals surface area contributed by atoms with E-state index in [2.05, 4.69) is 22.4 Å². The Morgan fingerprint density at radius 1 is 1.43 bits per heavy atom. The topological polar surface area (TPSA) is 62.6 Å². The number of hydrogen-bond acceptors (Lipinski definition) is 4. The Morgan fingerprint density at radius 3 is 2.91 bits per heavy atom. The number of aromatic nitrogens is 2. The molecule has 1 N–H and O–H groups in total. The highest BCUT2D eigenvalue weighted by Crippen LogP contribution is 2.30. The molecule has 7 nitrogen and oxygen atoms in total. The summed E-state index contributed by atoms with van der Waals surface area (Å²) in [4.78, 5) is 16.8. The van der Waals surface area contributed by atoms with Crippen molar-refractivity contribution < 1.29 is 9.53 Å². The summed E-state index contributed by atoms with van der Waals surface area (Å²) in [6, 6.07) is 1.92. The van der Waals surface area contributed by atoms with E-state index in [1.807, 2.05) is 18.0 Å². The maximum Gasteiger partial charge on any atom is 0.317 e. The lowest BCUT2D eigenvalue weighted by atomic mass is 10.2. The van der Waals surface area contributed by atoms with E-state index < -0.39 is 0 Å². The number of amides is 2. The first kappa shape index (κ1) is 16.3. The van der Waals surface area contributed by atoms with E-state index in [9.17, 15) is 4.79 Å². The molecule has 3 rings (SSSR count). The summed E-state index contributed by atoms with van der Waals surface area (Å²) in [7, 11) is 3.98. The number of hydrogen-bond donors (Lipinski definition) is 1. The molecule has 2 aliphatic rings. The number of nitrogens with one attached hydrogen (secondary N) is 1. The van der Waals surface area contributed by atoms with Crippen LogP contribution in [0, 0.1) is 5.92 Å². The molecule has 7 heteroatoms. The number of rotatable bonds is 6. The summed E-state index contributed by atoms with van der Waals surface area (Å²) in [6.07, 6.45) is 4.32. The molecule has 1 aliphatic carbocycles. The van der Waals surface area contributed by atoms with Crippen molar-refractivity contribution in [3.63, 3.8) is 0 Å². The van der Waals surface area contributed by atoms with Crippen LogP contribution in [0.15, 0.2) is 12.3 Å². The number of ether oxygens (including phenoxy) is 1. The molecule has 0 spiro atoms. The highest BCUT2D eigenvalue weighted by molar-refractivity contribution is 5.74. The number of nitrogens with zero attached hydrogens (tertiary/aromatic N) is 4. The van der Waals surface area contributed by atoms with E-state index in [-0.39, 0.29) is 12.1 Å². The largest absolute Gasteiger partial charge is 0.374 e. The first-order valence-corrected chi connectivity index (χ1v) is 8.41. The van der Waals surface area contributed by atoms with E-state index in [1.54, 1.807) is 10.9 Å². The van der Waals surface area contributed by atoms with Crippen LogP contribution >= 0.6 is 0 Å². The Kier molecular flexibility index (Phi) is 5.17. The lowest BCUT2D eigenvalue weighted by Gasteiger charge is -2.34. The SMILES string of the molecule is CN1CCO[C@H](CN(CC2CC2)C(=O)NCc2ccnn2C)C1. The van der Waals surface area contributed by atoms with Crippen LogP contribution in [0.2, 0.25) is 0 Å². The van der Waals surface area contributed by atoms with Gasteiger partial charge < -0.3 is 19.9 Å². The van der Waals surface area contributed by atoms with E-state index in [4.69, 9.17) is 4.74 Å². The standard InChI is InChI=1S/C16H27N5O2/c1-19-7-8-23-15(11-19)12-21(10-13-3-4-13)16(22)17-9-14-5-6-18-20(14)2/h5-6,13,15H,3-4,7-12H2,1-2H3,(H,17,22)/t15-/m0/s1. The first-order chi connectivity index (χ1) is 11.1. The van der Waals surface area contributed by atoms with E-state index in [0.29, 0.717) is 19.0 Å². The van der Waals surface area contributed by atoms with Gasteiger partial charge in [-0.05, 0) is 31.9 Å². The maximum atomic E-state index is 12.6. The third-order valence-electron chi connectivity index (χ3n) is 4.57. The number of likely N-dealkylation sites (N-methyl/N-ethyl adjacent to an activating group) is 1. The zero-order valence-electron chi connectivity index (χ0n) is 14.1. The van der Waals surface area contributed by atoms with Gasteiger partial charge in [-0.1, -0.05) is 0 Å². The van der Waals surface area contributed by atoms with Gasteiger partial charge in [0.25, 0.3) is 0 Å². The molecule has 0 bridgehead atoms. The fourth-order valence-corrected chi connectivity index (χ4v) is 2.93. The molecular weight excluding hydrogens is 294 g/mol. The van der Waals surface area contributed by atoms with Gasteiger partial charge in [0.05, 0.1) is 24.9 Å². The molecule has 1 aromatic heterocycles. The zero-order valence-corrected chi connectivity index (χ0v) is 14.1. The second kappa shape index (κ2) is 7.31. The highest BCUT2D eigenvalue weighted by Gasteiger charge is 2.29. The predicted molar refractivity (Wildman–Crippen MR) is 87.0 cm³/mol. The van der Waals surface area contributed by atoms with Crippen LogP contribution in [0.4, 0.5) is 4.79 Å². The van der Waals surface area contributed by atoms with Gasteiger partial charge in [0, 0.05) is 39.4 Å². The van der Waals surface area contributed by atoms with Gasteiger partial charge in [0.2, 0.25) is 0 Å². The normalized spacial score (nSPS) is 22.1. The van der Waals surface area contributed by atoms with Crippen molar-refractivity contribution in [3.8, 4) is 0 Å². The summed E-state index contributed by atoms with van der Waals surface area (Å²) in [5, 5.41) is 7.14. The second-order valence-corrected chi connectivity index (χ2v) is 6.71. The van der Waals surface area contributed by atoms with Crippen molar-refractivity contribution in [3.05, 3.63) is 18.0 Å². The summed E-state index contributed by atoms with van der Waals surface area (Å²) in [5.41, 5.74) is 0.998. The van der Waals surface area contributed by atoms with E-state index in [1.165, 1.54) is 12.8 Å². The molecule has 128 valence electrons. The smallest absolute Gasteiger partial charge is 0.317 e. The molecule has 1 aromatic rings. The molecule has 2 amide bonds. The monoisotopic (exact) mass is 321 g/mol. The Bertz CT molecular complexity index is 528. The summed E-state index contributed by atoms with van der Waals surface area (Å²) >= 11 is 0. The van der Waals surface area contributed by atoms with Crippen LogP contribution < -0.4 is 5.32 Å². The molecule has 0 aromatic carbocycles.